The Morgan fingerprint density at radius 2 is 2.00 bits per heavy atom. The van der Waals surface area contributed by atoms with E-state index in [4.69, 9.17) is 4.52 Å². The first-order valence-corrected chi connectivity index (χ1v) is 9.96. The number of benzene rings is 1. The van der Waals surface area contributed by atoms with Crippen molar-refractivity contribution in [2.75, 3.05) is 6.54 Å². The fourth-order valence-corrected chi connectivity index (χ4v) is 5.07. The van der Waals surface area contributed by atoms with E-state index in [0.29, 0.717) is 17.2 Å². The first-order valence-electron chi connectivity index (χ1n) is 8.52. The first kappa shape index (κ1) is 17.0. The third-order valence-corrected chi connectivity index (χ3v) is 6.65. The molecule has 1 aromatic carbocycles. The minimum atomic E-state index is -3.59. The van der Waals surface area contributed by atoms with Gasteiger partial charge in [0.05, 0.1) is 34.1 Å². The molecule has 1 aliphatic rings. The minimum absolute atomic E-state index is 0.302. The number of hydrogen-bond donors (Lipinski definition) is 1. The zero-order chi connectivity index (χ0) is 18.3. The highest BCUT2D eigenvalue weighted by Gasteiger charge is 2.38. The summed E-state index contributed by atoms with van der Waals surface area (Å²) in [5.41, 5.74) is 3.29. The highest BCUT2D eigenvalue weighted by molar-refractivity contribution is 7.89. The molecule has 0 saturated carbocycles. The molecular weight excluding hydrogens is 352 g/mol. The van der Waals surface area contributed by atoms with E-state index in [9.17, 15) is 8.42 Å². The van der Waals surface area contributed by atoms with Gasteiger partial charge in [0.1, 0.15) is 0 Å². The topological polar surface area (TPSA) is 92.1 Å². The van der Waals surface area contributed by atoms with Crippen LogP contribution in [-0.4, -0.2) is 34.6 Å². The Morgan fingerprint density at radius 1 is 1.23 bits per heavy atom. The molecule has 1 aliphatic heterocycles. The van der Waals surface area contributed by atoms with Gasteiger partial charge in [0, 0.05) is 12.6 Å². The van der Waals surface area contributed by atoms with E-state index < -0.39 is 10.0 Å². The van der Waals surface area contributed by atoms with Crippen LogP contribution in [0.25, 0.3) is 11.3 Å². The largest absolute Gasteiger partial charge is 0.356 e. The van der Waals surface area contributed by atoms with E-state index in [-0.39, 0.29) is 6.04 Å². The summed E-state index contributed by atoms with van der Waals surface area (Å²) < 4.78 is 33.2. The summed E-state index contributed by atoms with van der Waals surface area (Å²) in [5.74, 6) is 0.589. The second-order valence-electron chi connectivity index (χ2n) is 6.62. The van der Waals surface area contributed by atoms with Crippen molar-refractivity contribution in [1.82, 2.24) is 19.7 Å². The van der Waals surface area contributed by atoms with E-state index in [1.54, 1.807) is 22.6 Å². The van der Waals surface area contributed by atoms with Crippen LogP contribution in [0.3, 0.4) is 0 Å². The number of H-pyrrole nitrogens is 1. The molecule has 8 heteroatoms. The average Bonchev–Trinajstić information content (AvgIpc) is 3.34. The lowest BCUT2D eigenvalue weighted by atomic mass is 10.1. The Morgan fingerprint density at radius 3 is 2.69 bits per heavy atom. The van der Waals surface area contributed by atoms with Gasteiger partial charge in [-0.15, -0.1) is 0 Å². The van der Waals surface area contributed by atoms with Crippen LogP contribution in [0.4, 0.5) is 0 Å². The zero-order valence-electron chi connectivity index (χ0n) is 14.6. The zero-order valence-corrected chi connectivity index (χ0v) is 15.5. The van der Waals surface area contributed by atoms with E-state index in [1.165, 1.54) is 0 Å². The molecule has 0 bridgehead atoms. The molecule has 2 aromatic heterocycles. The average molecular weight is 372 g/mol. The third-order valence-electron chi connectivity index (χ3n) is 4.73. The van der Waals surface area contributed by atoms with Crippen molar-refractivity contribution in [3.63, 3.8) is 0 Å². The standard InChI is InChI=1S/C18H20N4O3S/c1-12-5-7-14(8-6-12)26(23,24)22-9-3-4-16(22)18-15(11-19-20-18)17-10-13(2)21-25-17/h5-8,10-11,16H,3-4,9H2,1-2H3,(H,19,20). The maximum Gasteiger partial charge on any atom is 0.243 e. The Bertz CT molecular complexity index is 1020. The predicted molar refractivity (Wildman–Crippen MR) is 95.9 cm³/mol. The third kappa shape index (κ3) is 2.85. The van der Waals surface area contributed by atoms with Crippen molar-refractivity contribution in [2.45, 2.75) is 37.6 Å². The van der Waals surface area contributed by atoms with Gasteiger partial charge in [-0.1, -0.05) is 22.9 Å². The van der Waals surface area contributed by atoms with Crippen LogP contribution >= 0.6 is 0 Å². The summed E-state index contributed by atoms with van der Waals surface area (Å²) in [6.45, 7) is 4.26. The van der Waals surface area contributed by atoms with Crippen LogP contribution in [-0.2, 0) is 10.0 Å². The molecule has 4 rings (SSSR count). The number of aromatic amines is 1. The fourth-order valence-electron chi connectivity index (χ4n) is 3.40. The Balaban J connectivity index is 1.72. The molecule has 1 saturated heterocycles. The van der Waals surface area contributed by atoms with Crippen molar-refractivity contribution in [2.24, 2.45) is 0 Å². The molecule has 1 atom stereocenters. The highest BCUT2D eigenvalue weighted by atomic mass is 32.2. The number of sulfonamides is 1. The van der Waals surface area contributed by atoms with Gasteiger partial charge in [0.2, 0.25) is 10.0 Å². The normalized spacial score (nSPS) is 18.5. The number of rotatable bonds is 4. The van der Waals surface area contributed by atoms with Crippen LogP contribution in [0.1, 0.15) is 35.8 Å². The number of aromatic nitrogens is 3. The number of aryl methyl sites for hydroxylation is 2. The molecule has 1 unspecified atom stereocenters. The Hall–Kier alpha value is -2.45. The summed E-state index contributed by atoms with van der Waals surface area (Å²) in [6.07, 6.45) is 3.18. The van der Waals surface area contributed by atoms with Gasteiger partial charge in [-0.2, -0.15) is 9.40 Å². The van der Waals surface area contributed by atoms with Gasteiger partial charge in [-0.3, -0.25) is 5.10 Å². The van der Waals surface area contributed by atoms with Crippen molar-refractivity contribution < 1.29 is 12.9 Å². The summed E-state index contributed by atoms with van der Waals surface area (Å²) >= 11 is 0. The van der Waals surface area contributed by atoms with Crippen LogP contribution in [0, 0.1) is 13.8 Å². The molecule has 3 aromatic rings. The predicted octanol–water partition coefficient (Wildman–Crippen LogP) is 3.21. The molecule has 26 heavy (non-hydrogen) atoms. The fraction of sp³-hybridized carbons (Fsp3) is 0.333. The van der Waals surface area contributed by atoms with Gasteiger partial charge in [0.25, 0.3) is 0 Å². The second kappa shape index (κ2) is 6.37. The van der Waals surface area contributed by atoms with E-state index in [0.717, 1.165) is 35.4 Å². The lowest BCUT2D eigenvalue weighted by Crippen LogP contribution is -2.31. The second-order valence-corrected chi connectivity index (χ2v) is 8.51. The summed E-state index contributed by atoms with van der Waals surface area (Å²) in [4.78, 5) is 0.312. The molecule has 0 aliphatic carbocycles. The molecule has 0 radical (unpaired) electrons. The minimum Gasteiger partial charge on any atom is -0.356 e. The quantitative estimate of drug-likeness (QED) is 0.759. The van der Waals surface area contributed by atoms with Gasteiger partial charge in [-0.05, 0) is 38.8 Å². The van der Waals surface area contributed by atoms with Crippen molar-refractivity contribution in [1.29, 1.82) is 0 Å². The van der Waals surface area contributed by atoms with Crippen molar-refractivity contribution >= 4 is 10.0 Å². The molecule has 3 heterocycles. The van der Waals surface area contributed by atoms with Crippen LogP contribution in [0.5, 0.6) is 0 Å². The number of hydrogen-bond acceptors (Lipinski definition) is 5. The van der Waals surface area contributed by atoms with Gasteiger partial charge < -0.3 is 4.52 Å². The van der Waals surface area contributed by atoms with Crippen LogP contribution < -0.4 is 0 Å². The Labute approximate surface area is 152 Å². The molecule has 1 N–H and O–H groups in total. The maximum absolute atomic E-state index is 13.2. The first-order chi connectivity index (χ1) is 12.5. The lowest BCUT2D eigenvalue weighted by molar-refractivity contribution is 0.388. The van der Waals surface area contributed by atoms with Crippen molar-refractivity contribution in [3.05, 3.63) is 53.5 Å². The smallest absolute Gasteiger partial charge is 0.243 e. The number of nitrogens with one attached hydrogen (secondary N) is 1. The van der Waals surface area contributed by atoms with Gasteiger partial charge >= 0.3 is 0 Å². The van der Waals surface area contributed by atoms with Gasteiger partial charge in [0.15, 0.2) is 5.76 Å². The SMILES string of the molecule is Cc1ccc(S(=O)(=O)N2CCCC2c2[nH]ncc2-c2cc(C)no2)cc1. The van der Waals surface area contributed by atoms with Crippen LogP contribution in [0.15, 0.2) is 45.9 Å². The number of nitrogens with zero attached hydrogens (tertiary/aromatic N) is 3. The lowest BCUT2D eigenvalue weighted by Gasteiger charge is -2.24. The highest BCUT2D eigenvalue weighted by Crippen LogP contribution is 2.39. The van der Waals surface area contributed by atoms with Gasteiger partial charge in [-0.25, -0.2) is 8.42 Å². The van der Waals surface area contributed by atoms with Crippen LogP contribution in [0.2, 0.25) is 0 Å². The molecule has 0 amide bonds. The van der Waals surface area contributed by atoms with E-state index in [1.807, 2.05) is 32.0 Å². The molecular formula is C18H20N4O3S. The molecule has 136 valence electrons. The van der Waals surface area contributed by atoms with Crippen molar-refractivity contribution in [3.8, 4) is 11.3 Å². The molecule has 0 spiro atoms. The summed E-state index contributed by atoms with van der Waals surface area (Å²) in [6, 6.07) is 8.47. The summed E-state index contributed by atoms with van der Waals surface area (Å²) in [7, 11) is -3.59. The van der Waals surface area contributed by atoms with E-state index >= 15 is 0 Å². The maximum atomic E-state index is 13.2. The monoisotopic (exact) mass is 372 g/mol. The Kier molecular flexibility index (Phi) is 4.16. The molecule has 1 fully saturated rings. The van der Waals surface area contributed by atoms with E-state index in [2.05, 4.69) is 15.4 Å². The summed E-state index contributed by atoms with van der Waals surface area (Å²) in [5, 5.41) is 11.0. The molecule has 7 nitrogen and oxygen atoms in total.